The molecule has 2 rings (SSSR count). The predicted molar refractivity (Wildman–Crippen MR) is 96.5 cm³/mol. The largest absolute Gasteiger partial charge is 0.493 e. The molecular formula is C17H14ClFN2O7. The monoisotopic (exact) mass is 412 g/mol. The lowest BCUT2D eigenvalue weighted by atomic mass is 10.1. The van der Waals surface area contributed by atoms with E-state index in [9.17, 15) is 24.1 Å². The number of nitro groups is 1. The van der Waals surface area contributed by atoms with Crippen LogP contribution in [0.1, 0.15) is 10.4 Å². The number of ether oxygens (including phenoxy) is 3. The quantitative estimate of drug-likeness (QED) is 0.421. The molecule has 0 heterocycles. The van der Waals surface area contributed by atoms with E-state index in [0.29, 0.717) is 0 Å². The van der Waals surface area contributed by atoms with Crippen molar-refractivity contribution in [2.24, 2.45) is 0 Å². The minimum absolute atomic E-state index is 0.0416. The summed E-state index contributed by atoms with van der Waals surface area (Å²) in [7, 11) is 2.56. The molecule has 0 unspecified atom stereocenters. The second kappa shape index (κ2) is 9.00. The number of benzene rings is 2. The van der Waals surface area contributed by atoms with Crippen molar-refractivity contribution in [1.29, 1.82) is 0 Å². The minimum atomic E-state index is -1.14. The third-order valence-corrected chi connectivity index (χ3v) is 3.69. The van der Waals surface area contributed by atoms with E-state index in [2.05, 4.69) is 5.32 Å². The molecule has 0 aliphatic rings. The third kappa shape index (κ3) is 4.86. The summed E-state index contributed by atoms with van der Waals surface area (Å²) in [6.07, 6.45) is 0. The van der Waals surface area contributed by atoms with Gasteiger partial charge in [-0.3, -0.25) is 14.9 Å². The fourth-order valence-electron chi connectivity index (χ4n) is 2.17. The van der Waals surface area contributed by atoms with Gasteiger partial charge in [0.2, 0.25) is 0 Å². The van der Waals surface area contributed by atoms with Gasteiger partial charge in [-0.15, -0.1) is 0 Å². The van der Waals surface area contributed by atoms with Crippen LogP contribution < -0.4 is 14.8 Å². The van der Waals surface area contributed by atoms with Crippen molar-refractivity contribution < 1.29 is 33.1 Å². The zero-order valence-corrected chi connectivity index (χ0v) is 15.4. The lowest BCUT2D eigenvalue weighted by Crippen LogP contribution is -2.22. The molecule has 0 fully saturated rings. The second-order valence-corrected chi connectivity index (χ2v) is 5.67. The Bertz CT molecular complexity index is 936. The van der Waals surface area contributed by atoms with Gasteiger partial charge in [0.1, 0.15) is 11.4 Å². The molecule has 0 atom stereocenters. The maximum absolute atomic E-state index is 13.6. The number of methoxy groups -OCH3 is 2. The first-order chi connectivity index (χ1) is 13.3. The molecule has 11 heteroatoms. The number of hydrogen-bond acceptors (Lipinski definition) is 7. The van der Waals surface area contributed by atoms with E-state index in [1.165, 1.54) is 26.4 Å². The summed E-state index contributed by atoms with van der Waals surface area (Å²) in [6, 6.07) is 5.58. The summed E-state index contributed by atoms with van der Waals surface area (Å²) >= 11 is 5.72. The normalized spacial score (nSPS) is 10.1. The highest BCUT2D eigenvalue weighted by atomic mass is 35.5. The van der Waals surface area contributed by atoms with Crippen LogP contribution in [0.15, 0.2) is 30.3 Å². The number of nitrogens with one attached hydrogen (secondary N) is 1. The van der Waals surface area contributed by atoms with E-state index in [1.807, 2.05) is 0 Å². The van der Waals surface area contributed by atoms with Gasteiger partial charge in [-0.05, 0) is 18.2 Å². The van der Waals surface area contributed by atoms with Crippen molar-refractivity contribution in [2.75, 3.05) is 26.1 Å². The molecule has 0 saturated heterocycles. The van der Waals surface area contributed by atoms with Crippen LogP contribution in [0.25, 0.3) is 0 Å². The van der Waals surface area contributed by atoms with Gasteiger partial charge in [0.25, 0.3) is 11.6 Å². The number of nitro benzene ring substituents is 1. The number of amides is 1. The summed E-state index contributed by atoms with van der Waals surface area (Å²) in [5.41, 5.74) is -1.24. The van der Waals surface area contributed by atoms with E-state index in [-0.39, 0.29) is 22.2 Å². The van der Waals surface area contributed by atoms with Crippen molar-refractivity contribution in [3.05, 3.63) is 56.8 Å². The molecule has 9 nitrogen and oxygen atoms in total. The Morgan fingerprint density at radius 2 is 1.82 bits per heavy atom. The topological polar surface area (TPSA) is 117 Å². The predicted octanol–water partition coefficient (Wildman–Crippen LogP) is 3.20. The van der Waals surface area contributed by atoms with Gasteiger partial charge in [0.05, 0.1) is 30.9 Å². The molecule has 1 N–H and O–H groups in total. The first-order valence-electron chi connectivity index (χ1n) is 7.59. The van der Waals surface area contributed by atoms with Gasteiger partial charge < -0.3 is 19.5 Å². The number of carbonyl (C=O) groups excluding carboxylic acids is 2. The molecule has 0 radical (unpaired) electrons. The van der Waals surface area contributed by atoms with Crippen LogP contribution >= 0.6 is 11.6 Å². The first-order valence-corrected chi connectivity index (χ1v) is 7.97. The molecular weight excluding hydrogens is 399 g/mol. The number of esters is 1. The average Bonchev–Trinajstić information content (AvgIpc) is 2.67. The molecule has 148 valence electrons. The van der Waals surface area contributed by atoms with Crippen molar-refractivity contribution >= 4 is 34.9 Å². The van der Waals surface area contributed by atoms with E-state index in [0.717, 1.165) is 18.2 Å². The molecule has 1 amide bonds. The number of hydrogen-bond donors (Lipinski definition) is 1. The maximum Gasteiger partial charge on any atom is 0.345 e. The Morgan fingerprint density at radius 3 is 2.43 bits per heavy atom. The molecule has 0 spiro atoms. The lowest BCUT2D eigenvalue weighted by Gasteiger charge is -2.11. The molecule has 28 heavy (non-hydrogen) atoms. The number of halogens is 2. The second-order valence-electron chi connectivity index (χ2n) is 5.23. The van der Waals surface area contributed by atoms with Crippen LogP contribution in [0, 0.1) is 15.9 Å². The smallest absolute Gasteiger partial charge is 0.345 e. The fourth-order valence-corrected chi connectivity index (χ4v) is 2.34. The zero-order valence-electron chi connectivity index (χ0n) is 14.7. The highest BCUT2D eigenvalue weighted by molar-refractivity contribution is 6.30. The van der Waals surface area contributed by atoms with E-state index in [1.54, 1.807) is 0 Å². The van der Waals surface area contributed by atoms with Crippen molar-refractivity contribution in [3.63, 3.8) is 0 Å². The molecule has 0 aliphatic heterocycles. The minimum Gasteiger partial charge on any atom is -0.493 e. The van der Waals surface area contributed by atoms with E-state index < -0.39 is 40.5 Å². The molecule has 0 bridgehead atoms. The van der Waals surface area contributed by atoms with Crippen molar-refractivity contribution in [3.8, 4) is 11.5 Å². The fraction of sp³-hybridized carbons (Fsp3) is 0.176. The number of carbonyl (C=O) groups is 2. The van der Waals surface area contributed by atoms with E-state index >= 15 is 0 Å². The van der Waals surface area contributed by atoms with Gasteiger partial charge >= 0.3 is 5.97 Å². The number of nitrogens with zero attached hydrogens (tertiary/aromatic N) is 1. The highest BCUT2D eigenvalue weighted by Crippen LogP contribution is 2.34. The lowest BCUT2D eigenvalue weighted by molar-refractivity contribution is -0.385. The molecule has 2 aromatic rings. The SMILES string of the molecule is COc1cc(C(=O)OCC(=O)Nc2cc(Cl)ccc2F)c([N+](=O)[O-])cc1OC. The van der Waals surface area contributed by atoms with Crippen LogP contribution in [-0.2, 0) is 9.53 Å². The number of rotatable bonds is 7. The van der Waals surface area contributed by atoms with Crippen LogP contribution in [0.3, 0.4) is 0 Å². The standard InChI is InChI=1S/C17H14ClFN2O7/c1-26-14-6-10(13(21(24)25)7-15(14)27-2)17(23)28-8-16(22)20-12-5-9(18)3-4-11(12)19/h3-7H,8H2,1-2H3,(H,20,22). The Kier molecular flexibility index (Phi) is 6.72. The number of anilines is 1. The van der Waals surface area contributed by atoms with Crippen LogP contribution in [0.5, 0.6) is 11.5 Å². The highest BCUT2D eigenvalue weighted by Gasteiger charge is 2.26. The zero-order chi connectivity index (χ0) is 20.8. The maximum atomic E-state index is 13.6. The van der Waals surface area contributed by atoms with Gasteiger partial charge in [-0.1, -0.05) is 11.6 Å². The van der Waals surface area contributed by atoms with Crippen LogP contribution in [0.4, 0.5) is 15.8 Å². The Labute approximate surface area is 163 Å². The van der Waals surface area contributed by atoms with Crippen molar-refractivity contribution in [1.82, 2.24) is 0 Å². The van der Waals surface area contributed by atoms with Gasteiger partial charge in [0, 0.05) is 11.1 Å². The Morgan fingerprint density at radius 1 is 1.18 bits per heavy atom. The summed E-state index contributed by atoms with van der Waals surface area (Å²) in [5.74, 6) is -2.64. The molecule has 0 aliphatic carbocycles. The van der Waals surface area contributed by atoms with Crippen LogP contribution in [-0.4, -0.2) is 37.6 Å². The van der Waals surface area contributed by atoms with Gasteiger partial charge in [-0.2, -0.15) is 0 Å². The third-order valence-electron chi connectivity index (χ3n) is 3.46. The molecule has 0 saturated carbocycles. The average molecular weight is 413 g/mol. The first kappa shape index (κ1) is 20.9. The summed E-state index contributed by atoms with van der Waals surface area (Å²) in [5, 5.41) is 13.6. The van der Waals surface area contributed by atoms with Gasteiger partial charge in [-0.25, -0.2) is 9.18 Å². The van der Waals surface area contributed by atoms with E-state index in [4.69, 9.17) is 25.8 Å². The molecule has 0 aromatic heterocycles. The van der Waals surface area contributed by atoms with Crippen molar-refractivity contribution in [2.45, 2.75) is 0 Å². The summed E-state index contributed by atoms with van der Waals surface area (Å²) in [6.45, 7) is -0.809. The molecule has 2 aromatic carbocycles. The Balaban J connectivity index is 2.15. The van der Waals surface area contributed by atoms with Gasteiger partial charge in [0.15, 0.2) is 18.1 Å². The Hall–Kier alpha value is -3.40. The summed E-state index contributed by atoms with van der Waals surface area (Å²) < 4.78 is 28.4. The van der Waals surface area contributed by atoms with Crippen LogP contribution in [0.2, 0.25) is 5.02 Å². The summed E-state index contributed by atoms with van der Waals surface area (Å²) in [4.78, 5) is 34.5.